The normalized spacial score (nSPS) is 12.2. The summed E-state index contributed by atoms with van der Waals surface area (Å²) in [5.74, 6) is -0.269. The number of hydrogen-bond donors (Lipinski definition) is 1. The van der Waals surface area contributed by atoms with E-state index in [1.807, 2.05) is 0 Å². The summed E-state index contributed by atoms with van der Waals surface area (Å²) in [5.41, 5.74) is 0.330. The highest BCUT2D eigenvalue weighted by molar-refractivity contribution is 8.00. The molecule has 2 aromatic rings. The van der Waals surface area contributed by atoms with E-state index in [0.717, 1.165) is 0 Å². The van der Waals surface area contributed by atoms with Crippen molar-refractivity contribution in [3.63, 3.8) is 0 Å². The summed E-state index contributed by atoms with van der Waals surface area (Å²) in [6, 6.07) is 3.02. The molecule has 0 bridgehead atoms. The number of benzene rings is 1. The largest absolute Gasteiger partial charge is 0.323 e. The Labute approximate surface area is 140 Å². The summed E-state index contributed by atoms with van der Waals surface area (Å²) < 4.78 is 1.48. The average Bonchev–Trinajstić information content (AvgIpc) is 2.79. The van der Waals surface area contributed by atoms with E-state index in [9.17, 15) is 4.79 Å². The van der Waals surface area contributed by atoms with E-state index in [1.54, 1.807) is 14.0 Å². The van der Waals surface area contributed by atoms with Gasteiger partial charge in [-0.15, -0.1) is 5.10 Å². The Kier molecular flexibility index (Phi) is 5.32. The monoisotopic (exact) mass is 365 g/mol. The minimum Gasteiger partial charge on any atom is -0.323 e. The fraction of sp³-hybridized carbons (Fsp3) is 0.273. The molecule has 1 aromatic carbocycles. The zero-order valence-corrected chi connectivity index (χ0v) is 14.1. The van der Waals surface area contributed by atoms with Crippen LogP contribution in [0.5, 0.6) is 0 Å². The van der Waals surface area contributed by atoms with Crippen LogP contribution in [-0.2, 0) is 11.8 Å². The molecule has 21 heavy (non-hydrogen) atoms. The third-order valence-electron chi connectivity index (χ3n) is 2.49. The minimum atomic E-state index is -0.433. The molecule has 0 radical (unpaired) electrons. The Balaban J connectivity index is 2.09. The first kappa shape index (κ1) is 16.4. The maximum Gasteiger partial charge on any atom is 0.237 e. The second-order valence-corrected chi connectivity index (χ2v) is 6.64. The van der Waals surface area contributed by atoms with Gasteiger partial charge in [0.1, 0.15) is 0 Å². The van der Waals surface area contributed by atoms with Crippen LogP contribution in [0.1, 0.15) is 6.92 Å². The molecule has 0 fully saturated rings. The molecule has 0 saturated heterocycles. The molecule has 6 nitrogen and oxygen atoms in total. The van der Waals surface area contributed by atoms with Gasteiger partial charge in [0.2, 0.25) is 11.1 Å². The molecule has 0 aliphatic rings. The van der Waals surface area contributed by atoms with Crippen LogP contribution in [0.2, 0.25) is 15.1 Å². The third kappa shape index (κ3) is 4.00. The number of aromatic nitrogens is 4. The maximum absolute atomic E-state index is 12.2. The van der Waals surface area contributed by atoms with Crippen molar-refractivity contribution < 1.29 is 4.79 Å². The number of nitrogens with zero attached hydrogens (tertiary/aromatic N) is 4. The molecule has 1 heterocycles. The first-order chi connectivity index (χ1) is 9.88. The Morgan fingerprint density at radius 3 is 2.48 bits per heavy atom. The molecule has 10 heteroatoms. The van der Waals surface area contributed by atoms with Crippen molar-refractivity contribution >= 4 is 58.2 Å². The Hall–Kier alpha value is -1.02. The lowest BCUT2D eigenvalue weighted by atomic mass is 10.3. The number of aryl methyl sites for hydroxylation is 1. The number of nitrogens with one attached hydrogen (secondary N) is 1. The summed E-state index contributed by atoms with van der Waals surface area (Å²) >= 11 is 19.1. The van der Waals surface area contributed by atoms with Gasteiger partial charge in [0, 0.05) is 12.1 Å². The second-order valence-electron chi connectivity index (χ2n) is 4.08. The van der Waals surface area contributed by atoms with Gasteiger partial charge >= 0.3 is 0 Å². The smallest absolute Gasteiger partial charge is 0.237 e. The molecule has 0 aliphatic carbocycles. The summed E-state index contributed by atoms with van der Waals surface area (Å²) in [7, 11) is 1.69. The van der Waals surface area contributed by atoms with Crippen LogP contribution >= 0.6 is 46.6 Å². The average molecular weight is 367 g/mol. The Bertz CT molecular complexity index is 655. The molecular formula is C11H10Cl3N5OS. The number of tetrazole rings is 1. The van der Waals surface area contributed by atoms with Gasteiger partial charge in [0.25, 0.3) is 0 Å². The molecule has 1 aromatic heterocycles. The van der Waals surface area contributed by atoms with Gasteiger partial charge < -0.3 is 5.32 Å². The molecule has 1 amide bonds. The van der Waals surface area contributed by atoms with Crippen LogP contribution in [0.15, 0.2) is 17.3 Å². The molecule has 0 unspecified atom stereocenters. The molecule has 112 valence electrons. The molecule has 1 atom stereocenters. The van der Waals surface area contributed by atoms with Crippen LogP contribution in [-0.4, -0.2) is 31.4 Å². The van der Waals surface area contributed by atoms with Crippen molar-refractivity contribution in [1.29, 1.82) is 0 Å². The van der Waals surface area contributed by atoms with Gasteiger partial charge in [-0.05, 0) is 29.5 Å². The summed E-state index contributed by atoms with van der Waals surface area (Å²) in [5, 5.41) is 14.7. The van der Waals surface area contributed by atoms with Crippen molar-refractivity contribution in [2.75, 3.05) is 5.32 Å². The predicted octanol–water partition coefficient (Wildman–Crippen LogP) is 3.29. The van der Waals surface area contributed by atoms with Crippen LogP contribution in [0, 0.1) is 0 Å². The predicted molar refractivity (Wildman–Crippen MR) is 84.2 cm³/mol. The number of carbonyl (C=O) groups excluding carboxylic acids is 1. The first-order valence-corrected chi connectivity index (χ1v) is 7.74. The third-order valence-corrected chi connectivity index (χ3v) is 4.43. The van der Waals surface area contributed by atoms with E-state index in [0.29, 0.717) is 15.9 Å². The van der Waals surface area contributed by atoms with E-state index in [2.05, 4.69) is 20.8 Å². The lowest BCUT2D eigenvalue weighted by Crippen LogP contribution is -2.23. The fourth-order valence-electron chi connectivity index (χ4n) is 1.42. The molecular weight excluding hydrogens is 357 g/mol. The van der Waals surface area contributed by atoms with Gasteiger partial charge in [-0.25, -0.2) is 4.68 Å². The molecule has 1 N–H and O–H groups in total. The zero-order chi connectivity index (χ0) is 15.6. The van der Waals surface area contributed by atoms with Crippen LogP contribution in [0.3, 0.4) is 0 Å². The summed E-state index contributed by atoms with van der Waals surface area (Å²) in [6.45, 7) is 1.73. The summed E-state index contributed by atoms with van der Waals surface area (Å²) in [6.07, 6.45) is 0. The topological polar surface area (TPSA) is 72.7 Å². The Morgan fingerprint density at radius 1 is 1.33 bits per heavy atom. The molecule has 0 spiro atoms. The number of thioether (sulfide) groups is 1. The quantitative estimate of drug-likeness (QED) is 0.841. The Morgan fingerprint density at radius 2 is 1.95 bits per heavy atom. The van der Waals surface area contributed by atoms with E-state index < -0.39 is 5.25 Å². The lowest BCUT2D eigenvalue weighted by molar-refractivity contribution is -0.115. The van der Waals surface area contributed by atoms with E-state index in [-0.39, 0.29) is 16.0 Å². The standard InChI is InChI=1S/C11H10Cl3N5OS/c1-5(21-11-16-17-18-19(11)2)10(20)15-9-7(13)3-6(12)4-8(9)14/h3-5H,1-2H3,(H,15,20)/t5-/m1/s1. The fourth-order valence-corrected chi connectivity index (χ4v) is 3.09. The van der Waals surface area contributed by atoms with Crippen LogP contribution in [0.4, 0.5) is 5.69 Å². The number of amides is 1. The first-order valence-electron chi connectivity index (χ1n) is 5.73. The summed E-state index contributed by atoms with van der Waals surface area (Å²) in [4.78, 5) is 12.2. The van der Waals surface area contributed by atoms with Crippen LogP contribution in [0.25, 0.3) is 0 Å². The van der Waals surface area contributed by atoms with Crippen molar-refractivity contribution in [3.8, 4) is 0 Å². The molecule has 2 rings (SSSR count). The number of halogens is 3. The second kappa shape index (κ2) is 6.83. The molecule has 0 saturated carbocycles. The highest BCUT2D eigenvalue weighted by atomic mass is 35.5. The maximum atomic E-state index is 12.2. The minimum absolute atomic E-state index is 0.269. The van der Waals surface area contributed by atoms with Crippen molar-refractivity contribution in [3.05, 3.63) is 27.2 Å². The van der Waals surface area contributed by atoms with E-state index in [4.69, 9.17) is 34.8 Å². The van der Waals surface area contributed by atoms with Crippen molar-refractivity contribution in [2.24, 2.45) is 7.05 Å². The number of rotatable bonds is 4. The van der Waals surface area contributed by atoms with Crippen molar-refractivity contribution in [2.45, 2.75) is 17.3 Å². The number of carbonyl (C=O) groups is 1. The number of anilines is 1. The zero-order valence-electron chi connectivity index (χ0n) is 11.0. The lowest BCUT2D eigenvalue weighted by Gasteiger charge is -2.13. The van der Waals surface area contributed by atoms with Gasteiger partial charge in [0.05, 0.1) is 21.0 Å². The van der Waals surface area contributed by atoms with E-state index >= 15 is 0 Å². The SMILES string of the molecule is C[C@@H](Sc1nnnn1C)C(=O)Nc1c(Cl)cc(Cl)cc1Cl. The van der Waals surface area contributed by atoms with E-state index in [1.165, 1.54) is 28.6 Å². The van der Waals surface area contributed by atoms with Crippen molar-refractivity contribution in [1.82, 2.24) is 20.2 Å². The van der Waals surface area contributed by atoms with Gasteiger partial charge in [-0.1, -0.05) is 46.6 Å². The number of hydrogen-bond acceptors (Lipinski definition) is 5. The van der Waals surface area contributed by atoms with Gasteiger partial charge in [0.15, 0.2) is 0 Å². The highest BCUT2D eigenvalue weighted by Gasteiger charge is 2.20. The highest BCUT2D eigenvalue weighted by Crippen LogP contribution is 2.34. The van der Waals surface area contributed by atoms with Crippen LogP contribution < -0.4 is 5.32 Å². The molecule has 0 aliphatic heterocycles. The van der Waals surface area contributed by atoms with Gasteiger partial charge in [-0.3, -0.25) is 4.79 Å². The van der Waals surface area contributed by atoms with Gasteiger partial charge in [-0.2, -0.15) is 0 Å².